The van der Waals surface area contributed by atoms with Crippen LogP contribution in [-0.4, -0.2) is 28.8 Å². The molecular weight excluding hydrogens is 170 g/mol. The van der Waals surface area contributed by atoms with Gasteiger partial charge in [-0.1, -0.05) is 13.8 Å². The molecule has 0 aromatic rings. The van der Waals surface area contributed by atoms with Crippen molar-refractivity contribution in [3.05, 3.63) is 0 Å². The van der Waals surface area contributed by atoms with Gasteiger partial charge in [0, 0.05) is 28.9 Å². The zero-order chi connectivity index (χ0) is 9.40. The highest BCUT2D eigenvalue weighted by molar-refractivity contribution is 7.84. The van der Waals surface area contributed by atoms with Crippen molar-refractivity contribution in [2.75, 3.05) is 18.6 Å². The molecule has 0 spiro atoms. The minimum Gasteiger partial charge on any atom is -0.314 e. The van der Waals surface area contributed by atoms with Gasteiger partial charge in [-0.2, -0.15) is 0 Å². The molecule has 74 valence electrons. The summed E-state index contributed by atoms with van der Waals surface area (Å²) in [7, 11) is -0.616. The first-order valence-corrected chi connectivity index (χ1v) is 6.46. The van der Waals surface area contributed by atoms with E-state index < -0.39 is 10.8 Å². The van der Waals surface area contributed by atoms with Gasteiger partial charge in [0.05, 0.1) is 0 Å². The highest BCUT2D eigenvalue weighted by Gasteiger charge is 2.03. The number of rotatable bonds is 7. The lowest BCUT2D eigenvalue weighted by Crippen LogP contribution is -2.28. The summed E-state index contributed by atoms with van der Waals surface area (Å²) < 4.78 is 10.8. The lowest BCUT2D eigenvalue weighted by Gasteiger charge is -2.14. The normalized spacial score (nSPS) is 15.9. The summed E-state index contributed by atoms with van der Waals surface area (Å²) >= 11 is 0. The lowest BCUT2D eigenvalue weighted by molar-refractivity contribution is 0.476. The number of hydrogen-bond donors (Lipinski definition) is 1. The number of nitrogens with one attached hydrogen (secondary N) is 1. The molecule has 0 aromatic heterocycles. The minimum absolute atomic E-state index is 0.616. The molecule has 0 saturated carbocycles. The highest BCUT2D eigenvalue weighted by atomic mass is 32.2. The molecule has 2 atom stereocenters. The summed E-state index contributed by atoms with van der Waals surface area (Å²) in [6, 6.07) is 0.624. The van der Waals surface area contributed by atoms with Gasteiger partial charge in [0.1, 0.15) is 0 Å². The summed E-state index contributed by atoms with van der Waals surface area (Å²) in [4.78, 5) is 0. The molecular formula is C9H21NOS. The van der Waals surface area contributed by atoms with Crippen molar-refractivity contribution < 1.29 is 4.21 Å². The average Bonchev–Trinajstić information content (AvgIpc) is 2.02. The van der Waals surface area contributed by atoms with Crippen LogP contribution in [0.25, 0.3) is 0 Å². The van der Waals surface area contributed by atoms with E-state index in [1.807, 2.05) is 0 Å². The zero-order valence-corrected chi connectivity index (χ0v) is 9.25. The fourth-order valence-electron chi connectivity index (χ4n) is 1.27. The Morgan fingerprint density at radius 1 is 1.42 bits per heavy atom. The zero-order valence-electron chi connectivity index (χ0n) is 8.43. The second kappa shape index (κ2) is 7.74. The van der Waals surface area contributed by atoms with Gasteiger partial charge in [0.25, 0.3) is 0 Å². The summed E-state index contributed by atoms with van der Waals surface area (Å²) in [5.41, 5.74) is 0. The Bertz CT molecular complexity index is 128. The fourth-order valence-corrected chi connectivity index (χ4v) is 1.85. The maximum Gasteiger partial charge on any atom is 0.0232 e. The molecule has 0 fully saturated rings. The molecule has 2 unspecified atom stereocenters. The van der Waals surface area contributed by atoms with Crippen molar-refractivity contribution in [3.8, 4) is 0 Å². The third-order valence-corrected chi connectivity index (χ3v) is 2.83. The Balaban J connectivity index is 3.37. The van der Waals surface area contributed by atoms with Crippen LogP contribution in [0.15, 0.2) is 0 Å². The van der Waals surface area contributed by atoms with E-state index in [2.05, 4.69) is 19.2 Å². The van der Waals surface area contributed by atoms with E-state index in [9.17, 15) is 4.21 Å². The first-order chi connectivity index (χ1) is 5.70. The molecule has 0 amide bonds. The van der Waals surface area contributed by atoms with Gasteiger partial charge in [-0.05, 0) is 25.8 Å². The molecule has 0 heterocycles. The molecule has 0 aliphatic rings. The maximum atomic E-state index is 10.8. The van der Waals surface area contributed by atoms with Crippen LogP contribution in [0, 0.1) is 0 Å². The SMILES string of the molecule is CCNC(CC)CCCS(C)=O. The molecule has 12 heavy (non-hydrogen) atoms. The first kappa shape index (κ1) is 12.1. The van der Waals surface area contributed by atoms with Crippen LogP contribution >= 0.6 is 0 Å². The summed E-state index contributed by atoms with van der Waals surface area (Å²) in [5, 5.41) is 3.41. The van der Waals surface area contributed by atoms with Crippen LogP contribution in [0.2, 0.25) is 0 Å². The largest absolute Gasteiger partial charge is 0.314 e. The van der Waals surface area contributed by atoms with Crippen molar-refractivity contribution in [3.63, 3.8) is 0 Å². The molecule has 0 aliphatic heterocycles. The third kappa shape index (κ3) is 6.80. The predicted octanol–water partition coefficient (Wildman–Crippen LogP) is 1.53. The van der Waals surface area contributed by atoms with Crippen LogP contribution < -0.4 is 5.32 Å². The van der Waals surface area contributed by atoms with Gasteiger partial charge >= 0.3 is 0 Å². The van der Waals surface area contributed by atoms with E-state index in [-0.39, 0.29) is 0 Å². The average molecular weight is 191 g/mol. The van der Waals surface area contributed by atoms with Gasteiger partial charge in [-0.15, -0.1) is 0 Å². The predicted molar refractivity (Wildman–Crippen MR) is 55.9 cm³/mol. The number of hydrogen-bond acceptors (Lipinski definition) is 2. The van der Waals surface area contributed by atoms with Crippen LogP contribution in [0.1, 0.15) is 33.1 Å². The van der Waals surface area contributed by atoms with Gasteiger partial charge < -0.3 is 5.32 Å². The molecule has 3 heteroatoms. The Morgan fingerprint density at radius 3 is 2.50 bits per heavy atom. The molecule has 0 radical (unpaired) electrons. The van der Waals surface area contributed by atoms with Crippen LogP contribution in [-0.2, 0) is 10.8 Å². The summed E-state index contributed by atoms with van der Waals surface area (Å²) in [6.07, 6.45) is 5.18. The smallest absolute Gasteiger partial charge is 0.0232 e. The highest BCUT2D eigenvalue weighted by Crippen LogP contribution is 2.01. The first-order valence-electron chi connectivity index (χ1n) is 4.74. The summed E-state index contributed by atoms with van der Waals surface area (Å²) in [5.74, 6) is 0.849. The maximum absolute atomic E-state index is 10.8. The Kier molecular flexibility index (Phi) is 7.81. The van der Waals surface area contributed by atoms with E-state index in [1.165, 1.54) is 6.42 Å². The fraction of sp³-hybridized carbons (Fsp3) is 1.00. The molecule has 0 aromatic carbocycles. The van der Waals surface area contributed by atoms with E-state index in [4.69, 9.17) is 0 Å². The molecule has 2 nitrogen and oxygen atoms in total. The molecule has 0 bridgehead atoms. The third-order valence-electron chi connectivity index (χ3n) is 1.97. The molecule has 1 N–H and O–H groups in total. The van der Waals surface area contributed by atoms with Gasteiger partial charge in [-0.25, -0.2) is 0 Å². The second-order valence-electron chi connectivity index (χ2n) is 3.08. The second-order valence-corrected chi connectivity index (χ2v) is 4.64. The van der Waals surface area contributed by atoms with E-state index in [0.29, 0.717) is 6.04 Å². The lowest BCUT2D eigenvalue weighted by atomic mass is 10.1. The summed E-state index contributed by atoms with van der Waals surface area (Å²) in [6.45, 7) is 5.35. The monoisotopic (exact) mass is 191 g/mol. The van der Waals surface area contributed by atoms with Gasteiger partial charge in [0.2, 0.25) is 0 Å². The quantitative estimate of drug-likeness (QED) is 0.661. The van der Waals surface area contributed by atoms with Gasteiger partial charge in [0.15, 0.2) is 0 Å². The Morgan fingerprint density at radius 2 is 2.08 bits per heavy atom. The van der Waals surface area contributed by atoms with Crippen molar-refractivity contribution in [1.82, 2.24) is 5.32 Å². The minimum atomic E-state index is -0.616. The Hall–Kier alpha value is 0.110. The van der Waals surface area contributed by atoms with Crippen LogP contribution in [0.4, 0.5) is 0 Å². The van der Waals surface area contributed by atoms with Crippen molar-refractivity contribution in [1.29, 1.82) is 0 Å². The van der Waals surface area contributed by atoms with Crippen molar-refractivity contribution >= 4 is 10.8 Å². The molecule has 0 aliphatic carbocycles. The van der Waals surface area contributed by atoms with Gasteiger partial charge in [-0.3, -0.25) is 4.21 Å². The van der Waals surface area contributed by atoms with E-state index >= 15 is 0 Å². The topological polar surface area (TPSA) is 29.1 Å². The molecule has 0 saturated heterocycles. The van der Waals surface area contributed by atoms with E-state index in [1.54, 1.807) is 6.26 Å². The molecule has 0 rings (SSSR count). The van der Waals surface area contributed by atoms with Crippen molar-refractivity contribution in [2.24, 2.45) is 0 Å². The standard InChI is InChI=1S/C9H21NOS/c1-4-9(10-5-2)7-6-8-12(3)11/h9-10H,4-8H2,1-3H3. The van der Waals surface area contributed by atoms with Crippen LogP contribution in [0.5, 0.6) is 0 Å². The van der Waals surface area contributed by atoms with E-state index in [0.717, 1.165) is 25.1 Å². The Labute approximate surface area is 78.6 Å². The van der Waals surface area contributed by atoms with Crippen LogP contribution in [0.3, 0.4) is 0 Å². The van der Waals surface area contributed by atoms with Crippen molar-refractivity contribution in [2.45, 2.75) is 39.2 Å².